The highest BCUT2D eigenvalue weighted by atomic mass is 35.5. The van der Waals surface area contributed by atoms with Crippen LogP contribution < -0.4 is 5.32 Å². The van der Waals surface area contributed by atoms with Gasteiger partial charge in [-0.05, 0) is 44.0 Å². The van der Waals surface area contributed by atoms with E-state index in [1.807, 2.05) is 32.0 Å². The first-order chi connectivity index (χ1) is 14.5. The number of nitrogens with zero attached hydrogens (tertiary/aromatic N) is 2. The molecule has 0 fully saturated rings. The normalized spacial score (nSPS) is 13.8. The molecular formula is C22H21Cl2N3O4. The Morgan fingerprint density at radius 3 is 2.00 bits per heavy atom. The second kappa shape index (κ2) is 8.69. The minimum Gasteiger partial charge on any atom is -0.335 e. The number of fused-ring (bicyclic) bond motifs is 1. The van der Waals surface area contributed by atoms with Crippen molar-refractivity contribution in [2.45, 2.75) is 26.8 Å². The van der Waals surface area contributed by atoms with Crippen molar-refractivity contribution in [1.29, 1.82) is 0 Å². The van der Waals surface area contributed by atoms with E-state index in [0.717, 1.165) is 16.0 Å². The number of aryl methyl sites for hydroxylation is 2. The molecule has 0 radical (unpaired) electrons. The van der Waals surface area contributed by atoms with Crippen LogP contribution in [0.2, 0.25) is 10.0 Å². The molecule has 0 saturated carbocycles. The van der Waals surface area contributed by atoms with E-state index in [0.29, 0.717) is 5.69 Å². The van der Waals surface area contributed by atoms with E-state index in [-0.39, 0.29) is 33.6 Å². The average molecular weight is 462 g/mol. The maximum absolute atomic E-state index is 12.9. The van der Waals surface area contributed by atoms with E-state index in [1.54, 1.807) is 0 Å². The van der Waals surface area contributed by atoms with Crippen LogP contribution in [0.4, 0.5) is 5.69 Å². The molecule has 1 unspecified atom stereocenters. The van der Waals surface area contributed by atoms with E-state index in [9.17, 15) is 19.2 Å². The number of carbonyl (C=O) groups excluding carboxylic acids is 4. The molecule has 0 spiro atoms. The number of rotatable bonds is 5. The first kappa shape index (κ1) is 22.8. The predicted octanol–water partition coefficient (Wildman–Crippen LogP) is 3.69. The summed E-state index contributed by atoms with van der Waals surface area (Å²) in [6, 6.07) is 7.17. The maximum atomic E-state index is 12.9. The third-order valence-electron chi connectivity index (χ3n) is 5.21. The summed E-state index contributed by atoms with van der Waals surface area (Å²) in [5.41, 5.74) is 2.68. The standard InChI is InChI=1S/C22H21Cl2N3O4/c1-11-6-5-7-12(2)19(11)25-18(28)10-26(4)20(29)13(3)27-21(30)14-8-16(23)17(24)9-15(14)22(27)31/h5-9,13H,10H2,1-4H3,(H,25,28). The van der Waals surface area contributed by atoms with Crippen molar-refractivity contribution in [2.75, 3.05) is 18.9 Å². The van der Waals surface area contributed by atoms with Gasteiger partial charge in [0.25, 0.3) is 11.8 Å². The fourth-order valence-electron chi connectivity index (χ4n) is 3.52. The zero-order valence-electron chi connectivity index (χ0n) is 17.5. The van der Waals surface area contributed by atoms with Crippen LogP contribution in [-0.4, -0.2) is 53.1 Å². The Kier molecular flexibility index (Phi) is 6.38. The Morgan fingerprint density at radius 2 is 1.52 bits per heavy atom. The van der Waals surface area contributed by atoms with Crippen LogP contribution in [-0.2, 0) is 9.59 Å². The third-order valence-corrected chi connectivity index (χ3v) is 5.93. The van der Waals surface area contributed by atoms with Gasteiger partial charge >= 0.3 is 0 Å². The number of carbonyl (C=O) groups is 4. The largest absolute Gasteiger partial charge is 0.335 e. The van der Waals surface area contributed by atoms with Gasteiger partial charge in [-0.1, -0.05) is 41.4 Å². The molecule has 7 nitrogen and oxygen atoms in total. The summed E-state index contributed by atoms with van der Waals surface area (Å²) in [4.78, 5) is 52.9. The van der Waals surface area contributed by atoms with Gasteiger partial charge in [0.1, 0.15) is 6.04 Å². The van der Waals surface area contributed by atoms with Crippen molar-refractivity contribution in [3.63, 3.8) is 0 Å². The molecule has 1 N–H and O–H groups in total. The maximum Gasteiger partial charge on any atom is 0.262 e. The lowest BCUT2D eigenvalue weighted by Gasteiger charge is -2.26. The van der Waals surface area contributed by atoms with Gasteiger partial charge in [0, 0.05) is 12.7 Å². The summed E-state index contributed by atoms with van der Waals surface area (Å²) in [7, 11) is 1.44. The van der Waals surface area contributed by atoms with Crippen molar-refractivity contribution in [1.82, 2.24) is 9.80 Å². The Labute approximate surface area is 189 Å². The molecular weight excluding hydrogens is 441 g/mol. The minimum absolute atomic E-state index is 0.0921. The van der Waals surface area contributed by atoms with Crippen LogP contribution >= 0.6 is 23.2 Å². The van der Waals surface area contributed by atoms with Gasteiger partial charge in [-0.15, -0.1) is 0 Å². The number of benzene rings is 2. The summed E-state index contributed by atoms with van der Waals surface area (Å²) in [5.74, 6) is -2.20. The fraction of sp³-hybridized carbons (Fsp3) is 0.273. The zero-order chi connectivity index (χ0) is 23.0. The summed E-state index contributed by atoms with van der Waals surface area (Å²) >= 11 is 11.9. The van der Waals surface area contributed by atoms with Gasteiger partial charge < -0.3 is 10.2 Å². The number of hydrogen-bond acceptors (Lipinski definition) is 4. The van der Waals surface area contributed by atoms with Crippen LogP contribution in [0, 0.1) is 13.8 Å². The number of likely N-dealkylation sites (N-methyl/N-ethyl adjacent to an activating group) is 1. The number of hydrogen-bond donors (Lipinski definition) is 1. The number of nitrogens with one attached hydrogen (secondary N) is 1. The second-order valence-corrected chi connectivity index (χ2v) is 8.29. The number of amides is 4. The average Bonchev–Trinajstić information content (AvgIpc) is 2.94. The molecule has 0 aromatic heterocycles. The van der Waals surface area contributed by atoms with Gasteiger partial charge in [-0.3, -0.25) is 24.1 Å². The first-order valence-electron chi connectivity index (χ1n) is 9.51. The van der Waals surface area contributed by atoms with E-state index in [2.05, 4.69) is 5.32 Å². The fourth-order valence-corrected chi connectivity index (χ4v) is 3.84. The Balaban J connectivity index is 1.72. The molecule has 0 aliphatic carbocycles. The van der Waals surface area contributed by atoms with Crippen molar-refractivity contribution in [3.8, 4) is 0 Å². The summed E-state index contributed by atoms with van der Waals surface area (Å²) in [6.45, 7) is 4.95. The molecule has 31 heavy (non-hydrogen) atoms. The number of anilines is 1. The van der Waals surface area contributed by atoms with Gasteiger partial charge in [0.15, 0.2) is 0 Å². The summed E-state index contributed by atoms with van der Waals surface area (Å²) < 4.78 is 0. The molecule has 1 aliphatic rings. The van der Waals surface area contributed by atoms with E-state index >= 15 is 0 Å². The lowest BCUT2D eigenvalue weighted by molar-refractivity contribution is -0.136. The van der Waals surface area contributed by atoms with Crippen molar-refractivity contribution < 1.29 is 19.2 Å². The third kappa shape index (κ3) is 4.29. The molecule has 2 aromatic carbocycles. The molecule has 0 bridgehead atoms. The summed E-state index contributed by atoms with van der Waals surface area (Å²) in [5, 5.41) is 3.09. The zero-order valence-corrected chi connectivity index (χ0v) is 19.0. The van der Waals surface area contributed by atoms with Crippen LogP contribution in [0.1, 0.15) is 38.8 Å². The smallest absolute Gasteiger partial charge is 0.262 e. The van der Waals surface area contributed by atoms with Crippen LogP contribution in [0.5, 0.6) is 0 Å². The topological polar surface area (TPSA) is 86.8 Å². The number of para-hydroxylation sites is 1. The molecule has 1 heterocycles. The van der Waals surface area contributed by atoms with Crippen molar-refractivity contribution in [2.24, 2.45) is 0 Å². The number of imide groups is 1. The molecule has 1 atom stereocenters. The van der Waals surface area contributed by atoms with Crippen LogP contribution in [0.25, 0.3) is 0 Å². The predicted molar refractivity (Wildman–Crippen MR) is 119 cm³/mol. The first-order valence-corrected chi connectivity index (χ1v) is 10.3. The van der Waals surface area contributed by atoms with Crippen LogP contribution in [0.15, 0.2) is 30.3 Å². The highest BCUT2D eigenvalue weighted by Gasteiger charge is 2.42. The Bertz CT molecular complexity index is 1050. The molecule has 4 amide bonds. The second-order valence-electron chi connectivity index (χ2n) is 7.48. The SMILES string of the molecule is Cc1cccc(C)c1NC(=O)CN(C)C(=O)C(C)N1C(=O)c2cc(Cl)c(Cl)cc2C1=O. The van der Waals surface area contributed by atoms with E-state index in [4.69, 9.17) is 23.2 Å². The summed E-state index contributed by atoms with van der Waals surface area (Å²) in [6.07, 6.45) is 0. The monoisotopic (exact) mass is 461 g/mol. The molecule has 1 aliphatic heterocycles. The highest BCUT2D eigenvalue weighted by molar-refractivity contribution is 6.43. The molecule has 2 aromatic rings. The molecule has 9 heteroatoms. The molecule has 0 saturated heterocycles. The van der Waals surface area contributed by atoms with E-state index < -0.39 is 23.8 Å². The quantitative estimate of drug-likeness (QED) is 0.687. The van der Waals surface area contributed by atoms with Gasteiger partial charge in [0.2, 0.25) is 11.8 Å². The Hall–Kier alpha value is -2.90. The molecule has 3 rings (SSSR count). The van der Waals surface area contributed by atoms with E-state index in [1.165, 1.54) is 31.0 Å². The lowest BCUT2D eigenvalue weighted by Crippen LogP contribution is -2.49. The van der Waals surface area contributed by atoms with Gasteiger partial charge in [-0.25, -0.2) is 0 Å². The lowest BCUT2D eigenvalue weighted by atomic mass is 10.1. The van der Waals surface area contributed by atoms with Crippen molar-refractivity contribution in [3.05, 3.63) is 62.6 Å². The molecule has 162 valence electrons. The minimum atomic E-state index is -1.11. The number of halogens is 2. The Morgan fingerprint density at radius 1 is 1.03 bits per heavy atom. The van der Waals surface area contributed by atoms with Crippen molar-refractivity contribution >= 4 is 52.5 Å². The van der Waals surface area contributed by atoms with Crippen LogP contribution in [0.3, 0.4) is 0 Å². The van der Waals surface area contributed by atoms with Gasteiger partial charge in [-0.2, -0.15) is 0 Å². The van der Waals surface area contributed by atoms with Gasteiger partial charge in [0.05, 0.1) is 27.7 Å². The highest BCUT2D eigenvalue weighted by Crippen LogP contribution is 2.32.